The summed E-state index contributed by atoms with van der Waals surface area (Å²) in [5.41, 5.74) is -0.821. The number of aryl methyl sites for hydroxylation is 1. The van der Waals surface area contributed by atoms with E-state index >= 15 is 0 Å². The van der Waals surface area contributed by atoms with Gasteiger partial charge in [-0.05, 0) is 19.3 Å². The highest BCUT2D eigenvalue weighted by Gasteiger charge is 2.48. The minimum atomic E-state index is -0.821. The molecule has 2 amide bonds. The molecular weight excluding hydrogens is 290 g/mol. The Bertz CT molecular complexity index is 543. The van der Waals surface area contributed by atoms with Crippen LogP contribution in [-0.2, 0) is 11.3 Å². The van der Waals surface area contributed by atoms with Crippen molar-refractivity contribution in [1.29, 1.82) is 0 Å². The first-order valence-electron chi connectivity index (χ1n) is 7.02. The summed E-state index contributed by atoms with van der Waals surface area (Å²) >= 11 is 1.54. The third-order valence-electron chi connectivity index (χ3n) is 4.20. The molecule has 2 heterocycles. The van der Waals surface area contributed by atoms with Gasteiger partial charge in [0.15, 0.2) is 0 Å². The first-order valence-corrected chi connectivity index (χ1v) is 7.84. The molecule has 0 bridgehead atoms. The average Bonchev–Trinajstić information content (AvgIpc) is 3.03. The number of urea groups is 1. The summed E-state index contributed by atoms with van der Waals surface area (Å²) in [6, 6.07) is -0.204. The highest BCUT2D eigenvalue weighted by atomic mass is 32.1. The standard InChI is InChI=1S/C14H21N3O3S/c1-9(2)14(12(18)19)4-5-17(8-14)13(20)16-7-11-6-15-10(3)21-11/h6,9H,4-5,7-8H2,1-3H3,(H,16,20)(H,18,19). The molecule has 1 atom stereocenters. The number of amides is 2. The van der Waals surface area contributed by atoms with Gasteiger partial charge < -0.3 is 15.3 Å². The Labute approximate surface area is 128 Å². The number of aromatic nitrogens is 1. The van der Waals surface area contributed by atoms with Crippen molar-refractivity contribution in [3.63, 3.8) is 0 Å². The minimum absolute atomic E-state index is 0.00283. The fourth-order valence-electron chi connectivity index (χ4n) is 2.66. The van der Waals surface area contributed by atoms with Crippen LogP contribution in [0.2, 0.25) is 0 Å². The van der Waals surface area contributed by atoms with Crippen LogP contribution in [0.15, 0.2) is 6.20 Å². The number of carbonyl (C=O) groups is 2. The van der Waals surface area contributed by atoms with Crippen LogP contribution in [0.25, 0.3) is 0 Å². The van der Waals surface area contributed by atoms with Crippen molar-refractivity contribution < 1.29 is 14.7 Å². The first kappa shape index (κ1) is 15.8. The highest BCUT2D eigenvalue weighted by Crippen LogP contribution is 2.38. The molecule has 21 heavy (non-hydrogen) atoms. The maximum absolute atomic E-state index is 12.2. The van der Waals surface area contributed by atoms with Gasteiger partial charge in [0, 0.05) is 24.2 Å². The topological polar surface area (TPSA) is 82.5 Å². The third-order valence-corrected chi connectivity index (χ3v) is 5.11. The van der Waals surface area contributed by atoms with E-state index in [0.717, 1.165) is 9.88 Å². The molecule has 2 N–H and O–H groups in total. The van der Waals surface area contributed by atoms with Crippen LogP contribution in [-0.4, -0.2) is 40.1 Å². The second kappa shape index (κ2) is 6.01. The van der Waals surface area contributed by atoms with Gasteiger partial charge in [0.1, 0.15) is 0 Å². The second-order valence-corrected chi connectivity index (χ2v) is 7.11. The Balaban J connectivity index is 1.94. The second-order valence-electron chi connectivity index (χ2n) is 5.79. The molecule has 0 aliphatic carbocycles. The van der Waals surface area contributed by atoms with Crippen molar-refractivity contribution in [3.8, 4) is 0 Å². The summed E-state index contributed by atoms with van der Waals surface area (Å²) in [6.45, 7) is 6.90. The minimum Gasteiger partial charge on any atom is -0.481 e. The molecular formula is C14H21N3O3S. The number of nitrogens with one attached hydrogen (secondary N) is 1. The lowest BCUT2D eigenvalue weighted by Gasteiger charge is -2.28. The van der Waals surface area contributed by atoms with Crippen molar-refractivity contribution in [2.24, 2.45) is 11.3 Å². The van der Waals surface area contributed by atoms with Crippen LogP contribution < -0.4 is 5.32 Å². The molecule has 0 radical (unpaired) electrons. The van der Waals surface area contributed by atoms with Crippen LogP contribution >= 0.6 is 11.3 Å². The Morgan fingerprint density at radius 2 is 2.29 bits per heavy atom. The van der Waals surface area contributed by atoms with E-state index in [-0.39, 0.29) is 18.5 Å². The van der Waals surface area contributed by atoms with Gasteiger partial charge in [-0.1, -0.05) is 13.8 Å². The smallest absolute Gasteiger partial charge is 0.317 e. The Morgan fingerprint density at radius 3 is 2.76 bits per heavy atom. The molecule has 6 nitrogen and oxygen atoms in total. The number of nitrogens with zero attached hydrogens (tertiary/aromatic N) is 2. The van der Waals surface area contributed by atoms with Crippen LogP contribution in [0.5, 0.6) is 0 Å². The number of thiazole rings is 1. The van der Waals surface area contributed by atoms with Crippen molar-refractivity contribution in [3.05, 3.63) is 16.1 Å². The number of hydrogen-bond donors (Lipinski definition) is 2. The predicted molar refractivity (Wildman–Crippen MR) is 80.2 cm³/mol. The van der Waals surface area contributed by atoms with E-state index in [1.165, 1.54) is 0 Å². The zero-order valence-electron chi connectivity index (χ0n) is 12.5. The molecule has 2 rings (SSSR count). The Kier molecular flexibility index (Phi) is 4.51. The molecule has 116 valence electrons. The quantitative estimate of drug-likeness (QED) is 0.892. The van der Waals surface area contributed by atoms with Crippen LogP contribution in [0.4, 0.5) is 4.79 Å². The highest BCUT2D eigenvalue weighted by molar-refractivity contribution is 7.11. The summed E-state index contributed by atoms with van der Waals surface area (Å²) in [5.74, 6) is -0.817. The third kappa shape index (κ3) is 3.18. The molecule has 1 aromatic heterocycles. The Hall–Kier alpha value is -1.63. The molecule has 0 saturated carbocycles. The van der Waals surface area contributed by atoms with E-state index < -0.39 is 11.4 Å². The molecule has 1 saturated heterocycles. The van der Waals surface area contributed by atoms with E-state index in [9.17, 15) is 14.7 Å². The lowest BCUT2D eigenvalue weighted by Crippen LogP contribution is -2.43. The SMILES string of the molecule is Cc1ncc(CNC(=O)N2CCC(C(=O)O)(C(C)C)C2)s1. The lowest BCUT2D eigenvalue weighted by atomic mass is 9.76. The van der Waals surface area contributed by atoms with Crippen molar-refractivity contribution in [1.82, 2.24) is 15.2 Å². The lowest BCUT2D eigenvalue weighted by molar-refractivity contribution is -0.150. The fraction of sp³-hybridized carbons (Fsp3) is 0.643. The number of carboxylic acid groups (broad SMARTS) is 1. The van der Waals surface area contributed by atoms with Gasteiger partial charge in [0.05, 0.1) is 17.0 Å². The molecule has 1 aliphatic heterocycles. The van der Waals surface area contributed by atoms with Crippen molar-refractivity contribution in [2.75, 3.05) is 13.1 Å². The fourth-order valence-corrected chi connectivity index (χ4v) is 3.40. The van der Waals surface area contributed by atoms with Gasteiger partial charge in [-0.3, -0.25) is 4.79 Å². The summed E-state index contributed by atoms with van der Waals surface area (Å²) < 4.78 is 0. The molecule has 0 spiro atoms. The van der Waals surface area contributed by atoms with Gasteiger partial charge in [-0.15, -0.1) is 11.3 Å². The molecule has 0 aromatic carbocycles. The largest absolute Gasteiger partial charge is 0.481 e. The summed E-state index contributed by atoms with van der Waals surface area (Å²) in [5, 5.41) is 13.3. The van der Waals surface area contributed by atoms with E-state index in [2.05, 4.69) is 10.3 Å². The molecule has 1 fully saturated rings. The van der Waals surface area contributed by atoms with E-state index in [0.29, 0.717) is 19.5 Å². The van der Waals surface area contributed by atoms with Gasteiger partial charge in [-0.2, -0.15) is 0 Å². The number of likely N-dealkylation sites (tertiary alicyclic amines) is 1. The van der Waals surface area contributed by atoms with Gasteiger partial charge in [0.2, 0.25) is 0 Å². The van der Waals surface area contributed by atoms with Gasteiger partial charge >= 0.3 is 12.0 Å². The monoisotopic (exact) mass is 311 g/mol. The molecule has 1 aliphatic rings. The van der Waals surface area contributed by atoms with Crippen LogP contribution in [0.1, 0.15) is 30.2 Å². The molecule has 7 heteroatoms. The van der Waals surface area contributed by atoms with Crippen LogP contribution in [0.3, 0.4) is 0 Å². The number of aliphatic carboxylic acids is 1. The molecule has 1 aromatic rings. The predicted octanol–water partition coefficient (Wildman–Crippen LogP) is 2.09. The van der Waals surface area contributed by atoms with Gasteiger partial charge in [-0.25, -0.2) is 9.78 Å². The number of hydrogen-bond acceptors (Lipinski definition) is 4. The zero-order valence-corrected chi connectivity index (χ0v) is 13.4. The van der Waals surface area contributed by atoms with Crippen molar-refractivity contribution >= 4 is 23.3 Å². The number of carbonyl (C=O) groups excluding carboxylic acids is 1. The van der Waals surface area contributed by atoms with Gasteiger partial charge in [0.25, 0.3) is 0 Å². The number of rotatable bonds is 4. The van der Waals surface area contributed by atoms with E-state index in [4.69, 9.17) is 0 Å². The maximum Gasteiger partial charge on any atom is 0.317 e. The first-order chi connectivity index (χ1) is 9.85. The normalized spacial score (nSPS) is 21.8. The summed E-state index contributed by atoms with van der Waals surface area (Å²) in [7, 11) is 0. The molecule has 1 unspecified atom stereocenters. The summed E-state index contributed by atoms with van der Waals surface area (Å²) in [4.78, 5) is 30.4. The number of carboxylic acids is 1. The van der Waals surface area contributed by atoms with E-state index in [1.807, 2.05) is 20.8 Å². The average molecular weight is 311 g/mol. The van der Waals surface area contributed by atoms with E-state index in [1.54, 1.807) is 22.4 Å². The van der Waals surface area contributed by atoms with Crippen LogP contribution in [0, 0.1) is 18.3 Å². The zero-order chi connectivity index (χ0) is 15.6. The maximum atomic E-state index is 12.2. The Morgan fingerprint density at radius 1 is 1.57 bits per heavy atom. The summed E-state index contributed by atoms with van der Waals surface area (Å²) in [6.07, 6.45) is 2.26. The van der Waals surface area contributed by atoms with Crippen molar-refractivity contribution in [2.45, 2.75) is 33.7 Å².